The molecular formula is C60H58N14O7. The van der Waals surface area contributed by atoms with E-state index in [9.17, 15) is 9.59 Å². The predicted octanol–water partition coefficient (Wildman–Crippen LogP) is 10.8. The number of hydrogen-bond donors (Lipinski definition) is 5. The molecular weight excluding hydrogens is 1030 g/mol. The zero-order valence-corrected chi connectivity index (χ0v) is 44.8. The summed E-state index contributed by atoms with van der Waals surface area (Å²) in [5, 5.41) is 44.7. The van der Waals surface area contributed by atoms with E-state index in [1.54, 1.807) is 100 Å². The molecule has 9 aromatic rings. The van der Waals surface area contributed by atoms with Gasteiger partial charge in [0.05, 0.1) is 49.1 Å². The highest BCUT2D eigenvalue weighted by Crippen LogP contribution is 2.37. The van der Waals surface area contributed by atoms with Crippen LogP contribution in [0.3, 0.4) is 0 Å². The Balaban J connectivity index is 0.000000186. The molecule has 21 nitrogen and oxygen atoms in total. The Morgan fingerprint density at radius 1 is 0.580 bits per heavy atom. The lowest BCUT2D eigenvalue weighted by atomic mass is 9.93. The maximum Gasteiger partial charge on any atom is 0.256 e. The second-order valence-corrected chi connectivity index (χ2v) is 19.4. The number of fused-ring (bicyclic) bond motifs is 2. The Labute approximate surface area is 466 Å². The highest BCUT2D eigenvalue weighted by atomic mass is 16.5. The van der Waals surface area contributed by atoms with Gasteiger partial charge in [-0.05, 0) is 142 Å². The van der Waals surface area contributed by atoms with Gasteiger partial charge in [0.25, 0.3) is 11.8 Å². The summed E-state index contributed by atoms with van der Waals surface area (Å²) in [7, 11) is 5.18. The number of hydrogen-bond acceptors (Lipinski definition) is 17. The number of benzene rings is 3. The lowest BCUT2D eigenvalue weighted by molar-refractivity contribution is 0.0681. The zero-order chi connectivity index (χ0) is 56.1. The second kappa shape index (κ2) is 25.7. The number of carbonyl (C=O) groups is 2. The summed E-state index contributed by atoms with van der Waals surface area (Å²) in [5.74, 6) is 4.48. The number of H-pyrrole nitrogens is 1. The van der Waals surface area contributed by atoms with Crippen molar-refractivity contribution in [2.45, 2.75) is 82.2 Å². The molecule has 5 N–H and O–H groups in total. The van der Waals surface area contributed by atoms with Crippen LogP contribution in [0.5, 0.6) is 28.7 Å². The van der Waals surface area contributed by atoms with E-state index >= 15 is 0 Å². The Bertz CT molecular complexity index is 3710. The number of aromatic nitrogens is 8. The van der Waals surface area contributed by atoms with Crippen LogP contribution < -0.4 is 35.5 Å². The van der Waals surface area contributed by atoms with E-state index in [2.05, 4.69) is 46.4 Å². The van der Waals surface area contributed by atoms with Crippen LogP contribution in [0.15, 0.2) is 134 Å². The lowest BCUT2D eigenvalue weighted by Gasteiger charge is -2.28. The van der Waals surface area contributed by atoms with Crippen molar-refractivity contribution in [3.8, 4) is 40.9 Å². The number of anilines is 4. The molecule has 0 unspecified atom stereocenters. The Morgan fingerprint density at radius 3 is 1.57 bits per heavy atom. The summed E-state index contributed by atoms with van der Waals surface area (Å²) in [6, 6.07) is 35.9. The van der Waals surface area contributed by atoms with Gasteiger partial charge < -0.3 is 45.0 Å². The summed E-state index contributed by atoms with van der Waals surface area (Å²) < 4.78 is 30.8. The third-order valence-electron chi connectivity index (χ3n) is 14.2. The van der Waals surface area contributed by atoms with Crippen LogP contribution in [0.25, 0.3) is 22.1 Å². The van der Waals surface area contributed by atoms with E-state index in [0.29, 0.717) is 98.5 Å². The summed E-state index contributed by atoms with van der Waals surface area (Å²) in [6.45, 7) is 0.519. The highest BCUT2D eigenvalue weighted by Gasteiger charge is 2.26. The largest absolute Gasteiger partial charge is 0.497 e. The smallest absolute Gasteiger partial charge is 0.256 e. The van der Waals surface area contributed by atoms with Gasteiger partial charge in [-0.1, -0.05) is 12.1 Å². The second-order valence-electron chi connectivity index (χ2n) is 19.4. The molecule has 6 heterocycles. The number of rotatable bonds is 17. The molecule has 0 atom stereocenters. The summed E-state index contributed by atoms with van der Waals surface area (Å²) >= 11 is 0. The number of ether oxygens (including phenoxy) is 5. The Morgan fingerprint density at radius 2 is 1.06 bits per heavy atom. The maximum atomic E-state index is 12.8. The van der Waals surface area contributed by atoms with Crippen molar-refractivity contribution in [1.82, 2.24) is 39.9 Å². The zero-order valence-electron chi connectivity index (χ0n) is 44.8. The van der Waals surface area contributed by atoms with Crippen molar-refractivity contribution in [2.75, 3.05) is 42.6 Å². The van der Waals surface area contributed by atoms with Gasteiger partial charge in [0, 0.05) is 74.4 Å². The van der Waals surface area contributed by atoms with E-state index in [4.69, 9.17) is 44.3 Å². The summed E-state index contributed by atoms with van der Waals surface area (Å²) in [5.41, 5.74) is 4.07. The van der Waals surface area contributed by atoms with Gasteiger partial charge in [0.2, 0.25) is 0 Å². The summed E-state index contributed by atoms with van der Waals surface area (Å²) in [4.78, 5) is 42.6. The molecule has 2 aliphatic carbocycles. The maximum absolute atomic E-state index is 12.8. The number of aromatic amines is 1. The number of methoxy groups -OCH3 is 3. The first-order chi connectivity index (χ1) is 39.6. The lowest BCUT2D eigenvalue weighted by Crippen LogP contribution is -2.29. The average molecular weight is 1090 g/mol. The quantitative estimate of drug-likeness (QED) is 0.0567. The average Bonchev–Trinajstić information content (AvgIpc) is 4.14. The molecule has 410 valence electrons. The molecule has 81 heavy (non-hydrogen) atoms. The first kappa shape index (κ1) is 54.4. The van der Waals surface area contributed by atoms with Gasteiger partial charge in [-0.3, -0.25) is 14.7 Å². The third kappa shape index (κ3) is 13.5. The first-order valence-corrected chi connectivity index (χ1v) is 26.5. The third-order valence-corrected chi connectivity index (χ3v) is 14.2. The highest BCUT2D eigenvalue weighted by molar-refractivity contribution is 6.04. The normalized spacial score (nSPS) is 16.7. The van der Waals surface area contributed by atoms with Crippen LogP contribution in [0.2, 0.25) is 0 Å². The van der Waals surface area contributed by atoms with E-state index < -0.39 is 0 Å². The number of nitrogens with one attached hydrogen (secondary N) is 5. The van der Waals surface area contributed by atoms with E-state index in [1.165, 1.54) is 24.5 Å². The number of amides is 2. The molecule has 3 aromatic carbocycles. The molecule has 0 spiro atoms. The van der Waals surface area contributed by atoms with Crippen molar-refractivity contribution in [2.24, 2.45) is 0 Å². The van der Waals surface area contributed by atoms with Crippen molar-refractivity contribution >= 4 is 57.2 Å². The molecule has 2 saturated carbocycles. The minimum absolute atomic E-state index is 0.248. The first-order valence-electron chi connectivity index (χ1n) is 26.5. The van der Waals surface area contributed by atoms with Gasteiger partial charge in [-0.15, -0.1) is 0 Å². The molecule has 2 aliphatic rings. The Hall–Kier alpha value is -9.96. The fourth-order valence-electron chi connectivity index (χ4n) is 9.77. The van der Waals surface area contributed by atoms with Gasteiger partial charge in [-0.2, -0.15) is 20.7 Å². The van der Waals surface area contributed by atoms with Crippen molar-refractivity contribution in [1.29, 1.82) is 10.5 Å². The SMILES string of the molecule is COC1CCC(Nc2n[nH]c3nccc(Oc4ccc(C(=O)Nc5cc(C#N)ccn5)cc4)c23)CC1.COc1ccc(Cn2nc(NC3CCC(OC)CC3)c3c(Oc4ccc(C(=O)Nc5cc(C#N)ccn5)cc4)ccnc32)cc1. The van der Waals surface area contributed by atoms with E-state index in [-0.39, 0.29) is 24.0 Å². The van der Waals surface area contributed by atoms with Gasteiger partial charge in [0.15, 0.2) is 22.9 Å². The molecule has 0 bridgehead atoms. The van der Waals surface area contributed by atoms with Crippen LogP contribution in [-0.2, 0) is 16.0 Å². The molecule has 0 aliphatic heterocycles. The minimum atomic E-state index is -0.343. The molecule has 2 amide bonds. The number of carbonyl (C=O) groups excluding carboxylic acids is 2. The van der Waals surface area contributed by atoms with Gasteiger partial charge >= 0.3 is 0 Å². The van der Waals surface area contributed by atoms with Crippen LogP contribution in [-0.4, -0.2) is 97.3 Å². The predicted molar refractivity (Wildman–Crippen MR) is 304 cm³/mol. The van der Waals surface area contributed by atoms with E-state index in [1.807, 2.05) is 47.2 Å². The van der Waals surface area contributed by atoms with Crippen molar-refractivity contribution < 1.29 is 33.3 Å². The number of nitriles is 2. The van der Waals surface area contributed by atoms with Crippen LogP contribution in [0.1, 0.15) is 88.8 Å². The topological polar surface area (TPSA) is 274 Å². The van der Waals surface area contributed by atoms with E-state index in [0.717, 1.165) is 73.5 Å². The molecule has 2 fully saturated rings. The minimum Gasteiger partial charge on any atom is -0.497 e. The number of nitrogens with zero attached hydrogens (tertiary/aromatic N) is 9. The molecule has 0 saturated heterocycles. The number of pyridine rings is 4. The van der Waals surface area contributed by atoms with Crippen LogP contribution in [0, 0.1) is 22.7 Å². The van der Waals surface area contributed by atoms with Gasteiger partial charge in [0.1, 0.15) is 51.2 Å². The molecule has 6 aromatic heterocycles. The summed E-state index contributed by atoms with van der Waals surface area (Å²) in [6.07, 6.45) is 14.9. The van der Waals surface area contributed by atoms with Crippen LogP contribution >= 0.6 is 0 Å². The van der Waals surface area contributed by atoms with Crippen molar-refractivity contribution in [3.05, 3.63) is 162 Å². The van der Waals surface area contributed by atoms with Crippen LogP contribution in [0.4, 0.5) is 23.3 Å². The fraction of sp³-hybridized carbons (Fsp3) is 0.267. The Kier molecular flexibility index (Phi) is 17.2. The molecule has 11 rings (SSSR count). The van der Waals surface area contributed by atoms with Gasteiger partial charge in [-0.25, -0.2) is 24.6 Å². The monoisotopic (exact) mass is 1090 g/mol. The molecule has 0 radical (unpaired) electrons. The van der Waals surface area contributed by atoms with Crippen molar-refractivity contribution in [3.63, 3.8) is 0 Å². The standard InChI is InChI=1S/C34H33N7O4.C26H25N7O3/c1-43-26-9-3-22(4-10-26)21-41-33-31(32(40-41)38-25-7-13-27(44-2)14-8-25)29(16-18-37-33)45-28-11-5-24(6-12-28)34(42)39-30-19-23(20-35)15-17-36-30;1-35-19-8-4-18(5-9-19)30-25-23-21(11-13-29-24(23)32-33-25)36-20-6-2-17(3-7-20)26(34)31-22-14-16(15-27)10-12-28-22/h3-6,9-12,15-19,25,27H,7-8,13-14,21H2,1-2H3,(H,38,40)(H,36,39,42);2-3,6-7,10-14,18-19H,4-5,8-9H2,1H3,(H,28,31,34)(H2,29,30,32,33). The fourth-order valence-corrected chi connectivity index (χ4v) is 9.77. The molecule has 21 heteroatoms.